The molecule has 0 bridgehead atoms. The summed E-state index contributed by atoms with van der Waals surface area (Å²) in [5.74, 6) is 5.90. The van der Waals surface area contributed by atoms with Crippen molar-refractivity contribution in [2.24, 2.45) is 11.6 Å². The Balaban J connectivity index is 1.99. The summed E-state index contributed by atoms with van der Waals surface area (Å²) < 4.78 is 31.9. The van der Waals surface area contributed by atoms with Crippen LogP contribution in [0.3, 0.4) is 0 Å². The number of amides is 1. The number of nitrogens with zero attached hydrogens (tertiary/aromatic N) is 1. The number of pyridine rings is 1. The van der Waals surface area contributed by atoms with Crippen molar-refractivity contribution in [3.63, 3.8) is 0 Å². The first-order valence-electron chi connectivity index (χ1n) is 11.5. The van der Waals surface area contributed by atoms with E-state index in [4.69, 9.17) is 27.9 Å². The Bertz CT molecular complexity index is 1470. The van der Waals surface area contributed by atoms with Gasteiger partial charge in [0.25, 0.3) is 5.91 Å². The van der Waals surface area contributed by atoms with E-state index in [1.54, 1.807) is 42.7 Å². The van der Waals surface area contributed by atoms with Gasteiger partial charge in [-0.2, -0.15) is 0 Å². The average molecular weight is 560 g/mol. The quantitative estimate of drug-likeness (QED) is 0.242. The maximum absolute atomic E-state index is 13.3. The topological polar surface area (TPSA) is 154 Å². The van der Waals surface area contributed by atoms with Crippen LogP contribution in [0.15, 0.2) is 61.1 Å². The summed E-state index contributed by atoms with van der Waals surface area (Å²) in [5, 5.41) is 4.36. The molecule has 0 atom stereocenters. The largest absolute Gasteiger partial charge is 0.492 e. The normalized spacial score (nSPS) is 12.1. The molecule has 202 valence electrons. The Morgan fingerprint density at radius 1 is 1.13 bits per heavy atom. The number of nitrogens with one attached hydrogen (secondary N) is 3. The molecule has 1 aromatic heterocycles. The summed E-state index contributed by atoms with van der Waals surface area (Å²) in [6.45, 7) is 5.91. The first-order chi connectivity index (χ1) is 17.7. The summed E-state index contributed by atoms with van der Waals surface area (Å²) in [5.41, 5.74) is 8.78. The van der Waals surface area contributed by atoms with Gasteiger partial charge in [0.15, 0.2) is 18.1 Å². The van der Waals surface area contributed by atoms with Crippen molar-refractivity contribution >= 4 is 50.3 Å². The minimum Gasteiger partial charge on any atom is -0.492 e. The number of sulfonamides is 1. The van der Waals surface area contributed by atoms with Gasteiger partial charge < -0.3 is 15.8 Å². The summed E-state index contributed by atoms with van der Waals surface area (Å²) in [6.07, 6.45) is 6.00. The van der Waals surface area contributed by atoms with Crippen molar-refractivity contribution in [2.75, 3.05) is 28.4 Å². The number of hydrogen-bond acceptors (Lipinski definition) is 7. The van der Waals surface area contributed by atoms with E-state index in [1.165, 1.54) is 24.4 Å². The van der Waals surface area contributed by atoms with E-state index in [9.17, 15) is 13.2 Å². The molecule has 0 aliphatic heterocycles. The first-order valence-corrected chi connectivity index (χ1v) is 13.8. The smallest absolute Gasteiger partial charge is 0.255 e. The predicted octanol–water partition coefficient (Wildman–Crippen LogP) is 3.72. The summed E-state index contributed by atoms with van der Waals surface area (Å²) in [6, 6.07) is 11.7. The van der Waals surface area contributed by atoms with Gasteiger partial charge in [0.1, 0.15) is 0 Å². The number of carbonyl (C=O) groups excluding carboxylic acids is 1. The second-order valence-electron chi connectivity index (χ2n) is 9.63. The minimum atomic E-state index is -3.61. The van der Waals surface area contributed by atoms with E-state index in [0.717, 1.165) is 17.4 Å². The Morgan fingerprint density at radius 3 is 2.39 bits per heavy atom. The molecule has 0 aliphatic carbocycles. The lowest BCUT2D eigenvalue weighted by Crippen LogP contribution is -2.26. The molecule has 0 saturated carbocycles. The standard InChI is InChI=1S/C26H31ClN6O4S/c1-26(2,3)18-12-21(24(37-4)22(13-18)32-38(5,35)36)31-25(34)16-8-9-19(27)23(11-16)33(29)15-20(28)17-7-6-10-30-14-17/h6-15,32H,28-29H2,1-5H3,(H,31,34)/p+1. The van der Waals surface area contributed by atoms with Crippen LogP contribution in [0.4, 0.5) is 17.1 Å². The Labute approximate surface area is 227 Å². The number of hydrazine groups is 1. The molecule has 0 aliphatic rings. The molecule has 0 saturated heterocycles. The van der Waals surface area contributed by atoms with Gasteiger partial charge in [-0.25, -0.2) is 19.2 Å². The number of carbonyl (C=O) groups is 1. The molecule has 7 N–H and O–H groups in total. The SMILES string of the molecule is COc1c(NC(=O)c2ccc(Cl)c(N(N)C=C(N)c3ccc[nH+]c3)c2)cc(C(C)(C)C)cc1NS(C)(=O)=O. The fourth-order valence-electron chi connectivity index (χ4n) is 3.56. The zero-order chi connectivity index (χ0) is 28.3. The number of H-pyrrole nitrogens is 1. The van der Waals surface area contributed by atoms with Crippen molar-refractivity contribution in [3.05, 3.63) is 82.8 Å². The van der Waals surface area contributed by atoms with Crippen molar-refractivity contribution in [2.45, 2.75) is 26.2 Å². The average Bonchev–Trinajstić information content (AvgIpc) is 2.83. The molecule has 0 spiro atoms. The maximum atomic E-state index is 13.3. The van der Waals surface area contributed by atoms with Crippen LogP contribution in [-0.4, -0.2) is 27.7 Å². The molecular formula is C26H32ClN6O4S+. The lowest BCUT2D eigenvalue weighted by atomic mass is 9.86. The van der Waals surface area contributed by atoms with Crippen LogP contribution in [0, 0.1) is 0 Å². The van der Waals surface area contributed by atoms with Crippen LogP contribution in [-0.2, 0) is 15.4 Å². The molecule has 3 rings (SSSR count). The predicted molar refractivity (Wildman–Crippen MR) is 151 cm³/mol. The molecule has 1 heterocycles. The first kappa shape index (κ1) is 28.8. The number of methoxy groups -OCH3 is 1. The molecule has 0 fully saturated rings. The molecule has 12 heteroatoms. The number of anilines is 3. The highest BCUT2D eigenvalue weighted by Crippen LogP contribution is 2.39. The highest BCUT2D eigenvalue weighted by atomic mass is 35.5. The summed E-state index contributed by atoms with van der Waals surface area (Å²) >= 11 is 6.37. The Kier molecular flexibility index (Phi) is 8.55. The Morgan fingerprint density at radius 2 is 1.82 bits per heavy atom. The van der Waals surface area contributed by atoms with Crippen LogP contribution >= 0.6 is 11.6 Å². The fraction of sp³-hybridized carbons (Fsp3) is 0.231. The number of aromatic nitrogens is 1. The molecule has 38 heavy (non-hydrogen) atoms. The number of benzene rings is 2. The van der Waals surface area contributed by atoms with E-state index in [2.05, 4.69) is 15.0 Å². The van der Waals surface area contributed by atoms with Gasteiger partial charge in [-0.15, -0.1) is 0 Å². The number of hydrogen-bond donors (Lipinski definition) is 4. The van der Waals surface area contributed by atoms with Crippen LogP contribution in [0.25, 0.3) is 5.70 Å². The third kappa shape index (κ3) is 7.15. The van der Waals surface area contributed by atoms with Crippen LogP contribution in [0.5, 0.6) is 5.75 Å². The lowest BCUT2D eigenvalue weighted by molar-refractivity contribution is -0.378. The van der Waals surface area contributed by atoms with Crippen molar-refractivity contribution in [1.29, 1.82) is 0 Å². The van der Waals surface area contributed by atoms with Crippen LogP contribution < -0.4 is 36.3 Å². The molecule has 1 amide bonds. The molecule has 0 radical (unpaired) electrons. The molecule has 3 aromatic rings. The third-order valence-corrected chi connectivity index (χ3v) is 6.42. The van der Waals surface area contributed by atoms with Gasteiger partial charge in [-0.3, -0.25) is 14.5 Å². The van der Waals surface area contributed by atoms with Gasteiger partial charge in [0.2, 0.25) is 10.0 Å². The molecule has 0 unspecified atom stereocenters. The monoisotopic (exact) mass is 559 g/mol. The minimum absolute atomic E-state index is 0.168. The van der Waals surface area contributed by atoms with E-state index in [-0.39, 0.29) is 22.4 Å². The molecule has 2 aromatic carbocycles. The Hall–Kier alpha value is -3.80. The number of aromatic amines is 1. The fourth-order valence-corrected chi connectivity index (χ4v) is 4.33. The highest BCUT2D eigenvalue weighted by Gasteiger charge is 2.23. The number of halogens is 1. The summed E-state index contributed by atoms with van der Waals surface area (Å²) in [7, 11) is -2.22. The van der Waals surface area contributed by atoms with Crippen LogP contribution in [0.2, 0.25) is 5.02 Å². The van der Waals surface area contributed by atoms with Gasteiger partial charge in [-0.05, 0) is 47.4 Å². The number of ether oxygens (including phenoxy) is 1. The van der Waals surface area contributed by atoms with E-state index in [0.29, 0.717) is 22.1 Å². The second-order valence-corrected chi connectivity index (χ2v) is 11.8. The van der Waals surface area contributed by atoms with Crippen LogP contribution in [0.1, 0.15) is 42.3 Å². The van der Waals surface area contributed by atoms with Crippen molar-refractivity contribution < 1.29 is 22.9 Å². The summed E-state index contributed by atoms with van der Waals surface area (Å²) in [4.78, 5) is 16.3. The third-order valence-electron chi connectivity index (χ3n) is 5.51. The van der Waals surface area contributed by atoms with E-state index >= 15 is 0 Å². The van der Waals surface area contributed by atoms with E-state index < -0.39 is 15.9 Å². The van der Waals surface area contributed by atoms with Gasteiger partial charge >= 0.3 is 0 Å². The van der Waals surface area contributed by atoms with Gasteiger partial charge in [0.05, 0.1) is 46.7 Å². The van der Waals surface area contributed by atoms with Gasteiger partial charge in [0, 0.05) is 17.8 Å². The zero-order valence-electron chi connectivity index (χ0n) is 21.8. The number of rotatable bonds is 8. The molecular weight excluding hydrogens is 528 g/mol. The number of nitrogens with two attached hydrogens (primary N) is 2. The maximum Gasteiger partial charge on any atom is 0.255 e. The zero-order valence-corrected chi connectivity index (χ0v) is 23.4. The highest BCUT2D eigenvalue weighted by molar-refractivity contribution is 7.92. The van der Waals surface area contributed by atoms with E-state index in [1.807, 2.05) is 26.8 Å². The van der Waals surface area contributed by atoms with Crippen molar-refractivity contribution in [3.8, 4) is 5.75 Å². The van der Waals surface area contributed by atoms with Crippen molar-refractivity contribution in [1.82, 2.24) is 0 Å². The molecule has 10 nitrogen and oxygen atoms in total. The van der Waals surface area contributed by atoms with Gasteiger partial charge in [-0.1, -0.05) is 32.4 Å². The lowest BCUT2D eigenvalue weighted by Gasteiger charge is -2.24. The second kappa shape index (κ2) is 11.3.